The van der Waals surface area contributed by atoms with E-state index in [1.54, 1.807) is 45.0 Å². The molecule has 6 heteroatoms. The molecule has 2 aromatic rings. The molecule has 134 valence electrons. The van der Waals surface area contributed by atoms with Gasteiger partial charge in [0.15, 0.2) is 0 Å². The third-order valence-corrected chi connectivity index (χ3v) is 3.86. The van der Waals surface area contributed by atoms with Crippen molar-refractivity contribution in [1.82, 2.24) is 10.3 Å². The van der Waals surface area contributed by atoms with Crippen molar-refractivity contribution in [2.75, 3.05) is 6.61 Å². The van der Waals surface area contributed by atoms with Crippen LogP contribution in [-0.4, -0.2) is 34.6 Å². The summed E-state index contributed by atoms with van der Waals surface area (Å²) < 4.78 is 5.87. The first kappa shape index (κ1) is 18.7. The normalized spacial score (nSPS) is 11.6. The van der Waals surface area contributed by atoms with Crippen molar-refractivity contribution in [2.45, 2.75) is 40.7 Å². The van der Waals surface area contributed by atoms with E-state index in [0.717, 1.165) is 0 Å². The maximum absolute atomic E-state index is 12.3. The lowest BCUT2D eigenvalue weighted by Crippen LogP contribution is -2.43. The second-order valence-corrected chi connectivity index (χ2v) is 7.05. The lowest BCUT2D eigenvalue weighted by molar-refractivity contribution is -0.131. The molecular weight excluding hydrogens is 320 g/mol. The summed E-state index contributed by atoms with van der Waals surface area (Å²) in [4.78, 5) is 28.0. The van der Waals surface area contributed by atoms with Gasteiger partial charge in [0.2, 0.25) is 5.91 Å². The molecule has 0 atom stereocenters. The topological polar surface area (TPSA) is 88.5 Å². The zero-order valence-electron chi connectivity index (χ0n) is 15.2. The van der Waals surface area contributed by atoms with Crippen LogP contribution in [0.15, 0.2) is 24.3 Å². The number of carbonyl (C=O) groups excluding carboxylic acids is 1. The van der Waals surface area contributed by atoms with Crippen molar-refractivity contribution in [2.24, 2.45) is 5.41 Å². The molecule has 0 saturated heterocycles. The smallest absolute Gasteiger partial charge is 0.337 e. The summed E-state index contributed by atoms with van der Waals surface area (Å²) in [6.45, 7) is 9.25. The number of hydrogen-bond donors (Lipinski definition) is 2. The number of nitrogens with zero attached hydrogens (tertiary/aromatic N) is 1. The number of nitrogens with one attached hydrogen (secondary N) is 1. The summed E-state index contributed by atoms with van der Waals surface area (Å²) in [5.41, 5.74) is 0.527. The van der Waals surface area contributed by atoms with Crippen LogP contribution in [0.25, 0.3) is 10.9 Å². The van der Waals surface area contributed by atoms with Crippen LogP contribution < -0.4 is 10.1 Å². The molecule has 6 nitrogen and oxygen atoms in total. The standard InChI is InChI=1S/C19H24N2O4/c1-11(2)20-18(24)19(4,5)10-25-16-8-6-7-15-14(16)9-13(17(22)23)12(3)21-15/h6-9,11H,10H2,1-5H3,(H,20,24)(H,22,23). The Balaban J connectivity index is 2.31. The number of ether oxygens (including phenoxy) is 1. The first-order valence-corrected chi connectivity index (χ1v) is 8.19. The van der Waals surface area contributed by atoms with E-state index in [9.17, 15) is 14.7 Å². The molecule has 0 fully saturated rings. The van der Waals surface area contributed by atoms with E-state index < -0.39 is 11.4 Å². The van der Waals surface area contributed by atoms with Gasteiger partial charge < -0.3 is 15.2 Å². The molecule has 25 heavy (non-hydrogen) atoms. The fraction of sp³-hybridized carbons (Fsp3) is 0.421. The Morgan fingerprint density at radius 1 is 1.32 bits per heavy atom. The number of fused-ring (bicyclic) bond motifs is 1. The largest absolute Gasteiger partial charge is 0.492 e. The minimum atomic E-state index is -1.03. The van der Waals surface area contributed by atoms with Crippen molar-refractivity contribution in [3.05, 3.63) is 35.5 Å². The third-order valence-electron chi connectivity index (χ3n) is 3.86. The van der Waals surface area contributed by atoms with Crippen LogP contribution in [0.4, 0.5) is 0 Å². The quantitative estimate of drug-likeness (QED) is 0.840. The number of aromatic carboxylic acids is 1. The predicted molar refractivity (Wildman–Crippen MR) is 96.0 cm³/mol. The van der Waals surface area contributed by atoms with E-state index in [-0.39, 0.29) is 24.1 Å². The number of rotatable bonds is 6. The summed E-state index contributed by atoms with van der Waals surface area (Å²) in [5, 5.41) is 12.8. The number of amides is 1. The highest BCUT2D eigenvalue weighted by molar-refractivity contribution is 5.96. The van der Waals surface area contributed by atoms with Crippen molar-refractivity contribution >= 4 is 22.8 Å². The zero-order chi connectivity index (χ0) is 18.8. The monoisotopic (exact) mass is 344 g/mol. The van der Waals surface area contributed by atoms with Gasteiger partial charge in [0, 0.05) is 11.4 Å². The van der Waals surface area contributed by atoms with Gasteiger partial charge in [-0.05, 0) is 52.8 Å². The minimum absolute atomic E-state index is 0.0506. The molecule has 0 spiro atoms. The Hall–Kier alpha value is -2.63. The summed E-state index contributed by atoms with van der Waals surface area (Å²) >= 11 is 0. The number of carboxylic acids is 1. The molecule has 1 aromatic heterocycles. The molecule has 0 saturated carbocycles. The molecule has 0 aliphatic rings. The van der Waals surface area contributed by atoms with Gasteiger partial charge in [-0.1, -0.05) is 6.07 Å². The van der Waals surface area contributed by atoms with Gasteiger partial charge in [0.05, 0.1) is 22.2 Å². The molecular formula is C19H24N2O4. The maximum Gasteiger partial charge on any atom is 0.337 e. The number of carboxylic acid groups (broad SMARTS) is 1. The average molecular weight is 344 g/mol. The molecule has 2 rings (SSSR count). The highest BCUT2D eigenvalue weighted by Gasteiger charge is 2.29. The van der Waals surface area contributed by atoms with Crippen LogP contribution in [0.1, 0.15) is 43.7 Å². The third kappa shape index (κ3) is 4.26. The fourth-order valence-electron chi connectivity index (χ4n) is 2.39. The van der Waals surface area contributed by atoms with E-state index >= 15 is 0 Å². The number of carbonyl (C=O) groups is 2. The average Bonchev–Trinajstić information content (AvgIpc) is 2.51. The lowest BCUT2D eigenvalue weighted by Gasteiger charge is -2.25. The number of aromatic nitrogens is 1. The predicted octanol–water partition coefficient (Wildman–Crippen LogP) is 3.17. The van der Waals surface area contributed by atoms with Crippen LogP contribution in [0, 0.1) is 12.3 Å². The lowest BCUT2D eigenvalue weighted by atomic mass is 9.93. The Bertz CT molecular complexity index is 812. The summed E-state index contributed by atoms with van der Waals surface area (Å²) in [7, 11) is 0. The Labute approximate surface area is 147 Å². The Kier molecular flexibility index (Phi) is 5.30. The molecule has 2 N–H and O–H groups in total. The maximum atomic E-state index is 12.3. The molecule has 0 aliphatic carbocycles. The number of aryl methyl sites for hydroxylation is 1. The van der Waals surface area contributed by atoms with Crippen molar-refractivity contribution in [1.29, 1.82) is 0 Å². The molecule has 1 amide bonds. The fourth-order valence-corrected chi connectivity index (χ4v) is 2.39. The SMILES string of the molecule is Cc1nc2cccc(OCC(C)(C)C(=O)NC(C)C)c2cc1C(=O)O. The molecule has 0 unspecified atom stereocenters. The van der Waals surface area contributed by atoms with Gasteiger partial charge in [-0.25, -0.2) is 4.79 Å². The van der Waals surface area contributed by atoms with E-state index in [1.165, 1.54) is 0 Å². The van der Waals surface area contributed by atoms with Crippen molar-refractivity contribution < 1.29 is 19.4 Å². The summed E-state index contributed by atoms with van der Waals surface area (Å²) in [5.74, 6) is -0.612. The van der Waals surface area contributed by atoms with E-state index in [1.807, 2.05) is 13.8 Å². The van der Waals surface area contributed by atoms with Gasteiger partial charge in [-0.3, -0.25) is 9.78 Å². The van der Waals surface area contributed by atoms with Crippen LogP contribution >= 0.6 is 0 Å². The number of pyridine rings is 1. The molecule has 0 radical (unpaired) electrons. The van der Waals surface area contributed by atoms with Crippen LogP contribution in [-0.2, 0) is 4.79 Å². The van der Waals surface area contributed by atoms with Gasteiger partial charge in [0.25, 0.3) is 0 Å². The summed E-state index contributed by atoms with van der Waals surface area (Å²) in [6, 6.07) is 6.97. The van der Waals surface area contributed by atoms with Gasteiger partial charge >= 0.3 is 5.97 Å². The second-order valence-electron chi connectivity index (χ2n) is 7.05. The summed E-state index contributed by atoms with van der Waals surface area (Å²) in [6.07, 6.45) is 0. The van der Waals surface area contributed by atoms with Crippen LogP contribution in [0.5, 0.6) is 5.75 Å². The van der Waals surface area contributed by atoms with Gasteiger partial charge in [0.1, 0.15) is 12.4 Å². The molecule has 1 heterocycles. The highest BCUT2D eigenvalue weighted by Crippen LogP contribution is 2.28. The first-order valence-electron chi connectivity index (χ1n) is 8.19. The van der Waals surface area contributed by atoms with Crippen molar-refractivity contribution in [3.8, 4) is 5.75 Å². The number of hydrogen-bond acceptors (Lipinski definition) is 4. The van der Waals surface area contributed by atoms with E-state index in [0.29, 0.717) is 22.3 Å². The van der Waals surface area contributed by atoms with Gasteiger partial charge in [-0.15, -0.1) is 0 Å². The molecule has 0 aliphatic heterocycles. The van der Waals surface area contributed by atoms with E-state index in [2.05, 4.69) is 10.3 Å². The highest BCUT2D eigenvalue weighted by atomic mass is 16.5. The Morgan fingerprint density at radius 3 is 2.60 bits per heavy atom. The van der Waals surface area contributed by atoms with Crippen LogP contribution in [0.3, 0.4) is 0 Å². The Morgan fingerprint density at radius 2 is 2.00 bits per heavy atom. The van der Waals surface area contributed by atoms with Crippen molar-refractivity contribution in [3.63, 3.8) is 0 Å². The first-order chi connectivity index (χ1) is 11.6. The van der Waals surface area contributed by atoms with Gasteiger partial charge in [-0.2, -0.15) is 0 Å². The molecule has 0 bridgehead atoms. The minimum Gasteiger partial charge on any atom is -0.492 e. The number of benzene rings is 1. The zero-order valence-corrected chi connectivity index (χ0v) is 15.2. The second kappa shape index (κ2) is 7.09. The van der Waals surface area contributed by atoms with Crippen LogP contribution in [0.2, 0.25) is 0 Å². The molecule has 1 aromatic carbocycles. The van der Waals surface area contributed by atoms with E-state index in [4.69, 9.17) is 4.74 Å².